The van der Waals surface area contributed by atoms with E-state index in [2.05, 4.69) is 11.8 Å². The quantitative estimate of drug-likeness (QED) is 0.618. The highest BCUT2D eigenvalue weighted by atomic mass is 19.1. The van der Waals surface area contributed by atoms with Crippen LogP contribution in [0.15, 0.2) is 12.1 Å². The Morgan fingerprint density at radius 3 is 2.81 bits per heavy atom. The van der Waals surface area contributed by atoms with E-state index in [4.69, 9.17) is 5.21 Å². The summed E-state index contributed by atoms with van der Waals surface area (Å²) in [4.78, 5) is 13.7. The highest BCUT2D eigenvalue weighted by Crippen LogP contribution is 2.41. The summed E-state index contributed by atoms with van der Waals surface area (Å²) in [5, 5.41) is 8.64. The van der Waals surface area contributed by atoms with Gasteiger partial charge >= 0.3 is 0 Å². The van der Waals surface area contributed by atoms with Crippen molar-refractivity contribution >= 4 is 5.91 Å². The predicted octanol–water partition coefficient (Wildman–Crippen LogP) is 2.91. The molecule has 1 unspecified atom stereocenters. The fraction of sp³-hybridized carbons (Fsp3) is 0.562. The van der Waals surface area contributed by atoms with Crippen molar-refractivity contribution in [2.24, 2.45) is 5.92 Å². The molecule has 0 spiro atoms. The van der Waals surface area contributed by atoms with Crippen LogP contribution in [0.5, 0.6) is 0 Å². The van der Waals surface area contributed by atoms with Crippen molar-refractivity contribution in [2.75, 3.05) is 13.1 Å². The van der Waals surface area contributed by atoms with E-state index in [1.54, 1.807) is 11.5 Å². The van der Waals surface area contributed by atoms with Gasteiger partial charge in [-0.25, -0.2) is 9.87 Å². The first-order chi connectivity index (χ1) is 10.1. The maximum atomic E-state index is 14.3. The topological polar surface area (TPSA) is 52.6 Å². The number of hydrogen-bond donors (Lipinski definition) is 2. The summed E-state index contributed by atoms with van der Waals surface area (Å²) in [6.07, 6.45) is 1.72. The second kappa shape index (κ2) is 6.54. The number of benzene rings is 1. The van der Waals surface area contributed by atoms with Crippen molar-refractivity contribution in [3.63, 3.8) is 0 Å². The summed E-state index contributed by atoms with van der Waals surface area (Å²) >= 11 is 0. The Hall–Kier alpha value is -1.46. The van der Waals surface area contributed by atoms with E-state index in [0.29, 0.717) is 5.92 Å². The second-order valence-corrected chi connectivity index (χ2v) is 5.57. The molecule has 1 fully saturated rings. The van der Waals surface area contributed by atoms with Crippen molar-refractivity contribution in [1.29, 1.82) is 0 Å². The highest BCUT2D eigenvalue weighted by molar-refractivity contribution is 5.93. The molecule has 3 rings (SSSR count). The summed E-state index contributed by atoms with van der Waals surface area (Å²) in [6.45, 7) is 8.11. The third-order valence-corrected chi connectivity index (χ3v) is 4.19. The van der Waals surface area contributed by atoms with Gasteiger partial charge < -0.3 is 0 Å². The van der Waals surface area contributed by atoms with Gasteiger partial charge in [-0.15, -0.1) is 0 Å². The van der Waals surface area contributed by atoms with Crippen molar-refractivity contribution in [3.8, 4) is 0 Å². The Morgan fingerprint density at radius 1 is 1.43 bits per heavy atom. The van der Waals surface area contributed by atoms with Crippen molar-refractivity contribution in [1.82, 2.24) is 10.4 Å². The van der Waals surface area contributed by atoms with Crippen molar-refractivity contribution in [3.05, 3.63) is 34.6 Å². The normalized spacial score (nSPS) is 23.7. The van der Waals surface area contributed by atoms with Gasteiger partial charge in [0.2, 0.25) is 0 Å². The number of rotatable bonds is 1. The first-order valence-corrected chi connectivity index (χ1v) is 7.61. The van der Waals surface area contributed by atoms with Gasteiger partial charge in [-0.05, 0) is 36.5 Å². The molecule has 4 nitrogen and oxygen atoms in total. The lowest BCUT2D eigenvalue weighted by molar-refractivity contribution is 0.0705. The van der Waals surface area contributed by atoms with Gasteiger partial charge in [0, 0.05) is 30.3 Å². The second-order valence-electron chi connectivity index (χ2n) is 5.57. The van der Waals surface area contributed by atoms with Crippen molar-refractivity contribution < 1.29 is 14.4 Å². The number of hydrogen-bond acceptors (Lipinski definition) is 3. The Kier molecular flexibility index (Phi) is 4.96. The smallest absolute Gasteiger partial charge is 0.274 e. The summed E-state index contributed by atoms with van der Waals surface area (Å²) in [5.74, 6) is -0.417. The molecule has 0 bridgehead atoms. The zero-order valence-corrected chi connectivity index (χ0v) is 12.8. The molecule has 1 aromatic rings. The first-order valence-electron chi connectivity index (χ1n) is 7.61. The van der Waals surface area contributed by atoms with Gasteiger partial charge in [0.25, 0.3) is 5.91 Å². The lowest BCUT2D eigenvalue weighted by Crippen LogP contribution is -2.32. The number of carbonyl (C=O) groups is 1. The Morgan fingerprint density at radius 2 is 2.14 bits per heavy atom. The van der Waals surface area contributed by atoms with Crippen LogP contribution in [0.1, 0.15) is 54.7 Å². The van der Waals surface area contributed by atoms with Crippen LogP contribution in [0.3, 0.4) is 0 Å². The zero-order chi connectivity index (χ0) is 15.6. The molecular weight excluding hydrogens is 271 g/mol. The summed E-state index contributed by atoms with van der Waals surface area (Å²) in [7, 11) is 0. The summed E-state index contributed by atoms with van der Waals surface area (Å²) < 4.78 is 14.3. The molecule has 1 saturated heterocycles. The Labute approximate surface area is 124 Å². The summed E-state index contributed by atoms with van der Waals surface area (Å²) in [6, 6.07) is 3.06. The third-order valence-electron chi connectivity index (χ3n) is 4.19. The molecular formula is C16H23FN2O2. The monoisotopic (exact) mass is 294 g/mol. The van der Waals surface area contributed by atoms with Gasteiger partial charge in [0.15, 0.2) is 0 Å². The number of amides is 1. The third kappa shape index (κ3) is 2.94. The van der Waals surface area contributed by atoms with Gasteiger partial charge in [-0.1, -0.05) is 20.8 Å². The zero-order valence-electron chi connectivity index (χ0n) is 12.8. The van der Waals surface area contributed by atoms with Crippen LogP contribution in [-0.4, -0.2) is 29.1 Å². The number of nitrogens with zero attached hydrogens (tertiary/aromatic N) is 1. The molecule has 0 aromatic heterocycles. The van der Waals surface area contributed by atoms with E-state index in [-0.39, 0.29) is 17.4 Å². The molecule has 2 aliphatic rings. The molecule has 5 heteroatoms. The minimum Gasteiger partial charge on any atom is -0.296 e. The Balaban J connectivity index is 0.000000774. The van der Waals surface area contributed by atoms with Crippen LogP contribution in [0.25, 0.3) is 0 Å². The summed E-state index contributed by atoms with van der Waals surface area (Å²) in [5.41, 5.74) is 3.37. The van der Waals surface area contributed by atoms with Crippen molar-refractivity contribution in [2.45, 2.75) is 39.7 Å². The average molecular weight is 294 g/mol. The SMILES string of the molecule is CC.CC1C[C@@H]2c3c(F)cc(C(=O)NO)cc3CCN2C1. The van der Waals surface area contributed by atoms with Crippen LogP contribution in [0, 0.1) is 11.7 Å². The molecule has 0 saturated carbocycles. The number of fused-ring (bicyclic) bond motifs is 3. The standard InChI is InChI=1S/C14H17FN2O2.C2H6/c1-8-4-12-13-9(2-3-17(12)7-8)5-10(6-11(13)15)14(18)16-19;1-2/h5-6,8,12,19H,2-4,7H2,1H3,(H,16,18);1-2H3/t8?,12-;/m1./s1. The Bertz CT molecular complexity index is 533. The van der Waals surface area contributed by atoms with E-state index in [9.17, 15) is 9.18 Å². The minimum atomic E-state index is -0.663. The van der Waals surface area contributed by atoms with Crippen LogP contribution in [0.4, 0.5) is 4.39 Å². The van der Waals surface area contributed by atoms with Crippen LogP contribution < -0.4 is 5.48 Å². The molecule has 2 atom stereocenters. The van der Waals surface area contributed by atoms with Crippen LogP contribution >= 0.6 is 0 Å². The fourth-order valence-corrected chi connectivity index (χ4v) is 3.39. The molecule has 21 heavy (non-hydrogen) atoms. The molecule has 2 heterocycles. The highest BCUT2D eigenvalue weighted by Gasteiger charge is 2.36. The molecule has 2 N–H and O–H groups in total. The van der Waals surface area contributed by atoms with Gasteiger partial charge in [0.1, 0.15) is 5.82 Å². The van der Waals surface area contributed by atoms with E-state index in [1.165, 1.54) is 6.07 Å². The number of carbonyl (C=O) groups excluding carboxylic acids is 1. The number of halogens is 1. The molecule has 1 amide bonds. The fourth-order valence-electron chi connectivity index (χ4n) is 3.39. The van der Waals surface area contributed by atoms with E-state index in [1.807, 2.05) is 13.8 Å². The van der Waals surface area contributed by atoms with Crippen LogP contribution in [0.2, 0.25) is 0 Å². The van der Waals surface area contributed by atoms with E-state index >= 15 is 0 Å². The molecule has 116 valence electrons. The van der Waals surface area contributed by atoms with Gasteiger partial charge in [0.05, 0.1) is 0 Å². The maximum Gasteiger partial charge on any atom is 0.274 e. The number of nitrogens with one attached hydrogen (secondary N) is 1. The predicted molar refractivity (Wildman–Crippen MR) is 78.8 cm³/mol. The molecule has 1 aromatic carbocycles. The maximum absolute atomic E-state index is 14.3. The van der Waals surface area contributed by atoms with E-state index in [0.717, 1.165) is 37.1 Å². The molecule has 2 aliphatic heterocycles. The van der Waals surface area contributed by atoms with Crippen LogP contribution in [-0.2, 0) is 6.42 Å². The average Bonchev–Trinajstić information content (AvgIpc) is 2.88. The van der Waals surface area contributed by atoms with Gasteiger partial charge in [-0.2, -0.15) is 0 Å². The molecule has 0 radical (unpaired) electrons. The largest absolute Gasteiger partial charge is 0.296 e. The van der Waals surface area contributed by atoms with Gasteiger partial charge in [-0.3, -0.25) is 14.9 Å². The minimum absolute atomic E-state index is 0.144. The lowest BCUT2D eigenvalue weighted by Gasteiger charge is -2.32. The number of hydroxylamine groups is 1. The lowest BCUT2D eigenvalue weighted by atomic mass is 9.89. The van der Waals surface area contributed by atoms with E-state index < -0.39 is 5.91 Å². The molecule has 0 aliphatic carbocycles. The first kappa shape index (κ1) is 15.9.